The van der Waals surface area contributed by atoms with E-state index in [1.165, 1.54) is 12.8 Å². The van der Waals surface area contributed by atoms with E-state index in [-0.39, 0.29) is 0 Å². The highest BCUT2D eigenvalue weighted by atomic mass is 16.5. The SMILES string of the molecule is COc1cc(C#N)ccc1NCCC1CCC(C)N1C. The summed E-state index contributed by atoms with van der Waals surface area (Å²) in [5.41, 5.74) is 1.58. The fourth-order valence-electron chi connectivity index (χ4n) is 2.83. The molecule has 2 unspecified atom stereocenters. The zero-order valence-electron chi connectivity index (χ0n) is 12.5. The first-order valence-corrected chi connectivity index (χ1v) is 7.19. The topological polar surface area (TPSA) is 48.3 Å². The fraction of sp³-hybridized carbons (Fsp3) is 0.562. The smallest absolute Gasteiger partial charge is 0.143 e. The van der Waals surface area contributed by atoms with Crippen LogP contribution in [-0.4, -0.2) is 37.7 Å². The third-order valence-electron chi connectivity index (χ3n) is 4.31. The lowest BCUT2D eigenvalue weighted by Crippen LogP contribution is -2.31. The van der Waals surface area contributed by atoms with Crippen LogP contribution in [0.25, 0.3) is 0 Å². The number of nitrogens with one attached hydrogen (secondary N) is 1. The third kappa shape index (κ3) is 3.23. The Morgan fingerprint density at radius 2 is 2.25 bits per heavy atom. The molecule has 1 fully saturated rings. The van der Waals surface area contributed by atoms with Gasteiger partial charge in [0.15, 0.2) is 0 Å². The molecule has 0 saturated carbocycles. The molecule has 0 aliphatic carbocycles. The zero-order valence-corrected chi connectivity index (χ0v) is 12.5. The summed E-state index contributed by atoms with van der Waals surface area (Å²) in [6.07, 6.45) is 3.70. The lowest BCUT2D eigenvalue weighted by atomic mass is 10.1. The van der Waals surface area contributed by atoms with Gasteiger partial charge in [0.05, 0.1) is 24.4 Å². The Labute approximate surface area is 121 Å². The number of anilines is 1. The lowest BCUT2D eigenvalue weighted by molar-refractivity contribution is 0.246. The highest BCUT2D eigenvalue weighted by Gasteiger charge is 2.26. The number of rotatable bonds is 5. The minimum absolute atomic E-state index is 0.622. The van der Waals surface area contributed by atoms with Crippen molar-refractivity contribution in [3.8, 4) is 11.8 Å². The van der Waals surface area contributed by atoms with Gasteiger partial charge in [0, 0.05) is 24.7 Å². The van der Waals surface area contributed by atoms with Gasteiger partial charge in [-0.25, -0.2) is 0 Å². The van der Waals surface area contributed by atoms with E-state index in [0.29, 0.717) is 17.6 Å². The van der Waals surface area contributed by atoms with Gasteiger partial charge < -0.3 is 15.0 Å². The molecule has 0 amide bonds. The number of benzene rings is 1. The first-order chi connectivity index (χ1) is 9.65. The molecule has 0 spiro atoms. The molecular weight excluding hydrogens is 250 g/mol. The number of nitriles is 1. The summed E-state index contributed by atoms with van der Waals surface area (Å²) in [4.78, 5) is 2.47. The van der Waals surface area contributed by atoms with E-state index in [1.807, 2.05) is 12.1 Å². The zero-order chi connectivity index (χ0) is 14.5. The van der Waals surface area contributed by atoms with Crippen LogP contribution in [0.1, 0.15) is 31.7 Å². The molecule has 4 heteroatoms. The van der Waals surface area contributed by atoms with E-state index in [2.05, 4.69) is 30.3 Å². The number of hydrogen-bond donors (Lipinski definition) is 1. The summed E-state index contributed by atoms with van der Waals surface area (Å²) in [6, 6.07) is 8.99. The Morgan fingerprint density at radius 1 is 1.45 bits per heavy atom. The number of hydrogen-bond acceptors (Lipinski definition) is 4. The van der Waals surface area contributed by atoms with Crippen molar-refractivity contribution in [2.45, 2.75) is 38.3 Å². The van der Waals surface area contributed by atoms with Gasteiger partial charge in [0.1, 0.15) is 5.75 Å². The van der Waals surface area contributed by atoms with Crippen molar-refractivity contribution in [3.63, 3.8) is 0 Å². The average Bonchev–Trinajstić information content (AvgIpc) is 2.79. The van der Waals surface area contributed by atoms with Gasteiger partial charge in [0.2, 0.25) is 0 Å². The molecule has 1 heterocycles. The van der Waals surface area contributed by atoms with E-state index < -0.39 is 0 Å². The second-order valence-electron chi connectivity index (χ2n) is 5.49. The van der Waals surface area contributed by atoms with Crippen molar-refractivity contribution in [3.05, 3.63) is 23.8 Å². The predicted octanol–water partition coefficient (Wildman–Crippen LogP) is 2.85. The quantitative estimate of drug-likeness (QED) is 0.896. The molecule has 1 N–H and O–H groups in total. The Kier molecular flexibility index (Phi) is 4.86. The second-order valence-corrected chi connectivity index (χ2v) is 5.49. The number of methoxy groups -OCH3 is 1. The molecule has 1 aromatic rings. The van der Waals surface area contributed by atoms with Gasteiger partial charge in [-0.05, 0) is 45.4 Å². The molecule has 1 aliphatic rings. The molecule has 1 aliphatic heterocycles. The molecule has 0 bridgehead atoms. The lowest BCUT2D eigenvalue weighted by Gasteiger charge is -2.23. The minimum Gasteiger partial charge on any atom is -0.495 e. The van der Waals surface area contributed by atoms with Crippen molar-refractivity contribution < 1.29 is 4.74 Å². The summed E-state index contributed by atoms with van der Waals surface area (Å²) >= 11 is 0. The molecule has 20 heavy (non-hydrogen) atoms. The molecule has 0 radical (unpaired) electrons. The molecule has 2 rings (SSSR count). The maximum Gasteiger partial charge on any atom is 0.143 e. The van der Waals surface area contributed by atoms with Crippen LogP contribution in [0.2, 0.25) is 0 Å². The summed E-state index contributed by atoms with van der Waals surface area (Å²) in [6.45, 7) is 3.21. The van der Waals surface area contributed by atoms with Gasteiger partial charge in [0.25, 0.3) is 0 Å². The van der Waals surface area contributed by atoms with E-state index in [4.69, 9.17) is 10.00 Å². The largest absolute Gasteiger partial charge is 0.495 e. The van der Waals surface area contributed by atoms with E-state index in [9.17, 15) is 0 Å². The maximum atomic E-state index is 8.89. The van der Waals surface area contributed by atoms with E-state index in [1.54, 1.807) is 13.2 Å². The fourth-order valence-corrected chi connectivity index (χ4v) is 2.83. The average molecular weight is 273 g/mol. The first kappa shape index (κ1) is 14.7. The molecule has 108 valence electrons. The van der Waals surface area contributed by atoms with Crippen LogP contribution in [0.15, 0.2) is 18.2 Å². The first-order valence-electron chi connectivity index (χ1n) is 7.19. The van der Waals surface area contributed by atoms with Crippen LogP contribution in [0, 0.1) is 11.3 Å². The van der Waals surface area contributed by atoms with Crippen molar-refractivity contribution in [2.75, 3.05) is 26.0 Å². The predicted molar refractivity (Wildman–Crippen MR) is 81.1 cm³/mol. The molecule has 4 nitrogen and oxygen atoms in total. The summed E-state index contributed by atoms with van der Waals surface area (Å²) in [5.74, 6) is 0.734. The Morgan fingerprint density at radius 3 is 2.85 bits per heavy atom. The Hall–Kier alpha value is -1.73. The Bertz CT molecular complexity index is 495. The van der Waals surface area contributed by atoms with E-state index >= 15 is 0 Å². The van der Waals surface area contributed by atoms with Gasteiger partial charge in [-0.15, -0.1) is 0 Å². The van der Waals surface area contributed by atoms with E-state index in [0.717, 1.165) is 24.4 Å². The van der Waals surface area contributed by atoms with Crippen molar-refractivity contribution in [2.24, 2.45) is 0 Å². The van der Waals surface area contributed by atoms with Crippen molar-refractivity contribution in [1.82, 2.24) is 4.90 Å². The normalized spacial score (nSPS) is 22.5. The summed E-state index contributed by atoms with van der Waals surface area (Å²) < 4.78 is 5.32. The van der Waals surface area contributed by atoms with Crippen LogP contribution in [0.4, 0.5) is 5.69 Å². The molecule has 0 aromatic heterocycles. The van der Waals surface area contributed by atoms with Gasteiger partial charge in [-0.3, -0.25) is 0 Å². The number of nitrogens with zero attached hydrogens (tertiary/aromatic N) is 2. The molecule has 1 aromatic carbocycles. The van der Waals surface area contributed by atoms with Gasteiger partial charge >= 0.3 is 0 Å². The minimum atomic E-state index is 0.622. The standard InChI is InChI=1S/C16H23N3O/c1-12-4-6-14(19(12)2)8-9-18-15-7-5-13(11-17)10-16(15)20-3/h5,7,10,12,14,18H,4,6,8-9H2,1-3H3. The number of likely N-dealkylation sites (tertiary alicyclic amines) is 1. The van der Waals surface area contributed by atoms with Gasteiger partial charge in [-0.2, -0.15) is 5.26 Å². The summed E-state index contributed by atoms with van der Waals surface area (Å²) in [5, 5.41) is 12.3. The van der Waals surface area contributed by atoms with Crippen molar-refractivity contribution >= 4 is 5.69 Å². The molecular formula is C16H23N3O. The maximum absolute atomic E-state index is 8.89. The summed E-state index contributed by atoms with van der Waals surface area (Å²) in [7, 11) is 3.85. The molecule has 2 atom stereocenters. The van der Waals surface area contributed by atoms with Crippen LogP contribution >= 0.6 is 0 Å². The number of ether oxygens (including phenoxy) is 1. The van der Waals surface area contributed by atoms with Crippen LogP contribution in [0.3, 0.4) is 0 Å². The Balaban J connectivity index is 1.90. The van der Waals surface area contributed by atoms with Crippen LogP contribution in [0.5, 0.6) is 5.75 Å². The van der Waals surface area contributed by atoms with Crippen LogP contribution < -0.4 is 10.1 Å². The monoisotopic (exact) mass is 273 g/mol. The third-order valence-corrected chi connectivity index (χ3v) is 4.31. The van der Waals surface area contributed by atoms with Gasteiger partial charge in [-0.1, -0.05) is 0 Å². The van der Waals surface area contributed by atoms with Crippen molar-refractivity contribution in [1.29, 1.82) is 5.26 Å². The molecule has 1 saturated heterocycles. The second kappa shape index (κ2) is 6.62. The van der Waals surface area contributed by atoms with Crippen LogP contribution in [-0.2, 0) is 0 Å². The highest BCUT2D eigenvalue weighted by Crippen LogP contribution is 2.27. The highest BCUT2D eigenvalue weighted by molar-refractivity contribution is 5.59.